The first-order chi connectivity index (χ1) is 1.41. The zero-order chi connectivity index (χ0) is 2.71. The molecule has 0 amide bonds. The Morgan fingerprint density at radius 1 is 1.40 bits per heavy atom. The van der Waals surface area contributed by atoms with Gasteiger partial charge in [0.1, 0.15) is 0 Å². The van der Waals surface area contributed by atoms with E-state index in [1.54, 1.807) is 0 Å². The molecule has 0 rings (SSSR count). The van der Waals surface area contributed by atoms with Crippen LogP contribution in [-0.2, 0) is 0 Å². The topological polar surface area (TPSA) is 46.1 Å². The minimum absolute atomic E-state index is 0. The standard InChI is InChI=1S/CN2.2Na/c2-1-3;;/q-2;2*+1. The van der Waals surface area contributed by atoms with Crippen molar-refractivity contribution in [3.63, 3.8) is 0 Å². The van der Waals surface area contributed by atoms with Crippen molar-refractivity contribution in [2.24, 2.45) is 0 Å². The Morgan fingerprint density at radius 2 is 1.40 bits per heavy atom. The van der Waals surface area contributed by atoms with Crippen LogP contribution in [0, 0.1) is 11.5 Å². The van der Waals surface area contributed by atoms with Gasteiger partial charge in [-0.1, -0.05) is 0 Å². The van der Waals surface area contributed by atoms with E-state index in [0.29, 0.717) is 0 Å². The van der Waals surface area contributed by atoms with Crippen LogP contribution in [0.4, 0.5) is 0 Å². The van der Waals surface area contributed by atoms with Crippen LogP contribution in [0.15, 0.2) is 0 Å². The Hall–Kier alpha value is 1.29. The van der Waals surface area contributed by atoms with E-state index in [4.69, 9.17) is 11.0 Å². The number of hydrogen-bond donors (Lipinski definition) is 0. The van der Waals surface area contributed by atoms with Gasteiger partial charge >= 0.3 is 59.1 Å². The fraction of sp³-hybridized carbons (Fsp3) is 0. The Labute approximate surface area is 75.3 Å². The summed E-state index contributed by atoms with van der Waals surface area (Å²) in [5.41, 5.74) is 6.88. The number of rotatable bonds is 0. The van der Waals surface area contributed by atoms with Gasteiger partial charge in [-0.2, -0.15) is 0 Å². The molecule has 0 spiro atoms. The zero-order valence-electron chi connectivity index (χ0n) is 3.39. The van der Waals surface area contributed by atoms with Gasteiger partial charge in [0.15, 0.2) is 0 Å². The second-order valence-electron chi connectivity index (χ2n) is 0.100. The summed E-state index contributed by atoms with van der Waals surface area (Å²) in [6, 6.07) is 0. The van der Waals surface area contributed by atoms with Crippen LogP contribution < -0.4 is 59.1 Å². The van der Waals surface area contributed by atoms with E-state index in [0.717, 1.165) is 6.19 Å². The number of nitrogens with zero attached hydrogens (tertiary/aromatic N) is 2. The zero-order valence-corrected chi connectivity index (χ0v) is 7.39. The van der Waals surface area contributed by atoms with Gasteiger partial charge in [0.05, 0.1) is 0 Å². The third-order valence-electron chi connectivity index (χ3n) is 0. The monoisotopic (exact) mass is 86.0 g/mol. The van der Waals surface area contributed by atoms with Gasteiger partial charge in [0.2, 0.25) is 0 Å². The van der Waals surface area contributed by atoms with Crippen LogP contribution in [0.1, 0.15) is 0 Å². The van der Waals surface area contributed by atoms with Gasteiger partial charge in [-0.3, -0.25) is 0 Å². The van der Waals surface area contributed by atoms with E-state index >= 15 is 0 Å². The second kappa shape index (κ2) is 18.6. The summed E-state index contributed by atoms with van der Waals surface area (Å²) in [6.07, 6.45) is 0.750. The molecule has 4 heteroatoms. The van der Waals surface area contributed by atoms with Crippen molar-refractivity contribution in [1.29, 1.82) is 5.26 Å². The maximum absolute atomic E-state index is 6.88. The molecule has 0 aromatic heterocycles. The quantitative estimate of drug-likeness (QED) is 0.214. The van der Waals surface area contributed by atoms with Crippen LogP contribution in [-0.4, -0.2) is 0 Å². The number of hydrogen-bond acceptors (Lipinski definition) is 1. The molecule has 0 aliphatic heterocycles. The van der Waals surface area contributed by atoms with Crippen molar-refractivity contribution in [1.82, 2.24) is 0 Å². The van der Waals surface area contributed by atoms with Gasteiger partial charge in [0, 0.05) is 0 Å². The van der Waals surface area contributed by atoms with Gasteiger partial charge < -0.3 is 17.2 Å². The molecule has 2 nitrogen and oxygen atoms in total. The SMILES string of the molecule is N#C[N-2].[Na+].[Na+]. The molecule has 0 aliphatic rings. The van der Waals surface area contributed by atoms with Crippen molar-refractivity contribution in [2.45, 2.75) is 0 Å². The van der Waals surface area contributed by atoms with E-state index in [-0.39, 0.29) is 59.1 Å². The molecule has 0 heterocycles. The Kier molecular flexibility index (Phi) is 60.4. The summed E-state index contributed by atoms with van der Waals surface area (Å²) >= 11 is 0. The molecule has 0 aliphatic carbocycles. The smallest absolute Gasteiger partial charge is 0.839 e. The average Bonchev–Trinajstić information content (AvgIpc) is 0.918. The van der Waals surface area contributed by atoms with Crippen molar-refractivity contribution in [3.8, 4) is 6.19 Å². The first-order valence-electron chi connectivity index (χ1n) is 0.447. The van der Waals surface area contributed by atoms with Gasteiger partial charge in [-0.05, 0) is 0 Å². The van der Waals surface area contributed by atoms with E-state index in [2.05, 4.69) is 0 Å². The van der Waals surface area contributed by atoms with E-state index in [9.17, 15) is 0 Å². The first kappa shape index (κ1) is 16.3. The maximum Gasteiger partial charge on any atom is 1.00 e. The molecule has 0 radical (unpaired) electrons. The summed E-state index contributed by atoms with van der Waals surface area (Å²) < 4.78 is 0. The predicted octanol–water partition coefficient (Wildman–Crippen LogP) is -5.69. The van der Waals surface area contributed by atoms with Crippen LogP contribution in [0.2, 0.25) is 0 Å². The van der Waals surface area contributed by atoms with E-state index in [1.807, 2.05) is 0 Å². The summed E-state index contributed by atoms with van der Waals surface area (Å²) in [4.78, 5) is 0. The molecule has 0 N–H and O–H groups in total. The van der Waals surface area contributed by atoms with Crippen LogP contribution >= 0.6 is 0 Å². The summed E-state index contributed by atoms with van der Waals surface area (Å²) in [5.74, 6) is 0. The molecule has 0 atom stereocenters. The molecule has 0 fully saturated rings. The Bertz CT molecular complexity index is 29.1. The Balaban J connectivity index is -0.0000000200. The van der Waals surface area contributed by atoms with Crippen molar-refractivity contribution in [2.75, 3.05) is 0 Å². The summed E-state index contributed by atoms with van der Waals surface area (Å²) in [7, 11) is 0. The van der Waals surface area contributed by atoms with Gasteiger partial charge in [-0.25, -0.2) is 0 Å². The van der Waals surface area contributed by atoms with E-state index < -0.39 is 0 Å². The second-order valence-corrected chi connectivity index (χ2v) is 0.100. The van der Waals surface area contributed by atoms with Crippen molar-refractivity contribution < 1.29 is 59.1 Å². The largest absolute Gasteiger partial charge is 1.00 e. The van der Waals surface area contributed by atoms with Gasteiger partial charge in [0.25, 0.3) is 0 Å². The molecule has 0 aromatic rings. The van der Waals surface area contributed by atoms with Crippen LogP contribution in [0.25, 0.3) is 5.73 Å². The van der Waals surface area contributed by atoms with Crippen molar-refractivity contribution >= 4 is 0 Å². The third-order valence-corrected chi connectivity index (χ3v) is 0. The molecular formula is CN2Na2. The molecule has 0 saturated heterocycles. The Morgan fingerprint density at radius 3 is 1.40 bits per heavy atom. The maximum atomic E-state index is 6.88. The minimum atomic E-state index is 0. The normalized spacial score (nSPS) is 1.40. The molecule has 5 heavy (non-hydrogen) atoms. The fourth-order valence-electron chi connectivity index (χ4n) is 0. The molecule has 0 unspecified atom stereocenters. The van der Waals surface area contributed by atoms with Gasteiger partial charge in [-0.15, -0.1) is 0 Å². The molecule has 0 saturated carbocycles. The van der Waals surface area contributed by atoms with E-state index in [1.165, 1.54) is 0 Å². The first-order valence-corrected chi connectivity index (χ1v) is 0.447. The summed E-state index contributed by atoms with van der Waals surface area (Å²) in [5, 5.41) is 6.88. The molecule has 0 aromatic carbocycles. The molecule has 16 valence electrons. The van der Waals surface area contributed by atoms with Crippen LogP contribution in [0.5, 0.6) is 0 Å². The number of nitriles is 1. The molecule has 0 bridgehead atoms. The third kappa shape index (κ3) is 34.4. The van der Waals surface area contributed by atoms with Crippen molar-refractivity contribution in [3.05, 3.63) is 5.73 Å². The fourth-order valence-corrected chi connectivity index (χ4v) is 0. The average molecular weight is 86.0 g/mol. The minimum Gasteiger partial charge on any atom is -0.839 e. The summed E-state index contributed by atoms with van der Waals surface area (Å²) in [6.45, 7) is 0. The predicted molar refractivity (Wildman–Crippen MR) is 8.97 cm³/mol. The molecular weight excluding hydrogens is 86.0 g/mol. The van der Waals surface area contributed by atoms with Crippen LogP contribution in [0.3, 0.4) is 0 Å².